The molecule has 1 atom stereocenters. The van der Waals surface area contributed by atoms with Gasteiger partial charge in [-0.3, -0.25) is 0 Å². The van der Waals surface area contributed by atoms with Crippen LogP contribution < -0.4 is 0 Å². The standard InChI is InChI=1S/C18H22BrCl/c1-3-7-13(8-4-2)18(20)16-11-12-17(19)15-10-6-5-9-14(15)16/h5-6,9-13,18H,3-4,7-8H2,1-2H3. The molecule has 0 radical (unpaired) electrons. The van der Waals surface area contributed by atoms with E-state index in [4.69, 9.17) is 11.6 Å². The van der Waals surface area contributed by atoms with Crippen LogP contribution in [0.15, 0.2) is 40.9 Å². The summed E-state index contributed by atoms with van der Waals surface area (Å²) in [6.07, 6.45) is 4.80. The number of rotatable bonds is 6. The summed E-state index contributed by atoms with van der Waals surface area (Å²) < 4.78 is 1.14. The molecule has 0 fully saturated rings. The van der Waals surface area contributed by atoms with Crippen molar-refractivity contribution in [2.24, 2.45) is 5.92 Å². The van der Waals surface area contributed by atoms with E-state index in [2.05, 4.69) is 66.2 Å². The smallest absolute Gasteiger partial charge is 0.0619 e. The Balaban J connectivity index is 2.43. The summed E-state index contributed by atoms with van der Waals surface area (Å²) in [7, 11) is 0. The van der Waals surface area contributed by atoms with Crippen LogP contribution in [0.1, 0.15) is 50.5 Å². The maximum atomic E-state index is 6.85. The summed E-state index contributed by atoms with van der Waals surface area (Å²) in [6.45, 7) is 4.48. The third kappa shape index (κ3) is 3.38. The van der Waals surface area contributed by atoms with Crippen LogP contribution in [0.4, 0.5) is 0 Å². The normalized spacial score (nSPS) is 13.1. The summed E-state index contributed by atoms with van der Waals surface area (Å²) in [5, 5.41) is 2.63. The van der Waals surface area contributed by atoms with Gasteiger partial charge in [-0.05, 0) is 41.2 Å². The average Bonchev–Trinajstić information content (AvgIpc) is 2.47. The number of hydrogen-bond donors (Lipinski definition) is 0. The van der Waals surface area contributed by atoms with Gasteiger partial charge in [0.05, 0.1) is 5.38 Å². The lowest BCUT2D eigenvalue weighted by atomic mass is 9.88. The second kappa shape index (κ2) is 7.47. The van der Waals surface area contributed by atoms with E-state index in [9.17, 15) is 0 Å². The third-order valence-electron chi connectivity index (χ3n) is 3.93. The Kier molecular flexibility index (Phi) is 5.92. The number of hydrogen-bond acceptors (Lipinski definition) is 0. The largest absolute Gasteiger partial charge is 0.117 e. The lowest BCUT2D eigenvalue weighted by Gasteiger charge is -2.23. The van der Waals surface area contributed by atoms with Gasteiger partial charge in [-0.1, -0.05) is 73.0 Å². The quantitative estimate of drug-likeness (QED) is 0.486. The predicted octanol–water partition coefficient (Wildman–Crippen LogP) is 7.10. The SMILES string of the molecule is CCCC(CCC)C(Cl)c1ccc(Br)c2ccccc12. The zero-order chi connectivity index (χ0) is 14.5. The Hall–Kier alpha value is -0.530. The first-order valence-corrected chi connectivity index (χ1v) is 8.73. The van der Waals surface area contributed by atoms with E-state index < -0.39 is 0 Å². The molecule has 0 aromatic heterocycles. The van der Waals surface area contributed by atoms with E-state index in [-0.39, 0.29) is 5.38 Å². The Morgan fingerprint density at radius 1 is 0.950 bits per heavy atom. The molecule has 2 heteroatoms. The van der Waals surface area contributed by atoms with Crippen molar-refractivity contribution in [3.05, 3.63) is 46.4 Å². The molecule has 20 heavy (non-hydrogen) atoms. The van der Waals surface area contributed by atoms with Gasteiger partial charge in [0.15, 0.2) is 0 Å². The van der Waals surface area contributed by atoms with Crippen molar-refractivity contribution in [2.75, 3.05) is 0 Å². The fourth-order valence-corrected chi connectivity index (χ4v) is 3.88. The van der Waals surface area contributed by atoms with Crippen LogP contribution in [-0.4, -0.2) is 0 Å². The van der Waals surface area contributed by atoms with Crippen molar-refractivity contribution in [1.29, 1.82) is 0 Å². The topological polar surface area (TPSA) is 0 Å². The lowest BCUT2D eigenvalue weighted by Crippen LogP contribution is -2.08. The van der Waals surface area contributed by atoms with Crippen molar-refractivity contribution in [2.45, 2.75) is 44.9 Å². The van der Waals surface area contributed by atoms with Gasteiger partial charge in [0.1, 0.15) is 0 Å². The van der Waals surface area contributed by atoms with Crippen LogP contribution in [0, 0.1) is 5.92 Å². The number of benzene rings is 2. The van der Waals surface area contributed by atoms with Gasteiger partial charge in [-0.2, -0.15) is 0 Å². The molecule has 0 bridgehead atoms. The van der Waals surface area contributed by atoms with Crippen LogP contribution in [0.25, 0.3) is 10.8 Å². The fourth-order valence-electron chi connectivity index (χ4n) is 2.96. The van der Waals surface area contributed by atoms with E-state index in [1.54, 1.807) is 0 Å². The van der Waals surface area contributed by atoms with E-state index >= 15 is 0 Å². The summed E-state index contributed by atoms with van der Waals surface area (Å²) in [5.74, 6) is 0.566. The molecule has 0 N–H and O–H groups in total. The molecule has 2 aromatic carbocycles. The summed E-state index contributed by atoms with van der Waals surface area (Å²) in [4.78, 5) is 0. The molecule has 108 valence electrons. The first-order chi connectivity index (χ1) is 9.69. The molecule has 0 aliphatic carbocycles. The second-order valence-electron chi connectivity index (χ2n) is 5.42. The number of alkyl halides is 1. The summed E-state index contributed by atoms with van der Waals surface area (Å²) in [5.41, 5.74) is 1.28. The Labute approximate surface area is 135 Å². The van der Waals surface area contributed by atoms with Crippen LogP contribution in [0.5, 0.6) is 0 Å². The van der Waals surface area contributed by atoms with Crippen LogP contribution in [0.3, 0.4) is 0 Å². The summed E-state index contributed by atoms with van der Waals surface area (Å²) in [6, 6.07) is 12.8. The van der Waals surface area contributed by atoms with Crippen molar-refractivity contribution >= 4 is 38.3 Å². The molecule has 0 saturated carbocycles. The molecule has 2 aromatic rings. The van der Waals surface area contributed by atoms with Crippen molar-refractivity contribution in [3.63, 3.8) is 0 Å². The van der Waals surface area contributed by atoms with Crippen LogP contribution >= 0.6 is 27.5 Å². The van der Waals surface area contributed by atoms with Gasteiger partial charge in [-0.25, -0.2) is 0 Å². The van der Waals surface area contributed by atoms with Crippen LogP contribution in [0.2, 0.25) is 0 Å². The van der Waals surface area contributed by atoms with Gasteiger partial charge in [-0.15, -0.1) is 11.6 Å². The highest BCUT2D eigenvalue weighted by atomic mass is 79.9. The van der Waals surface area contributed by atoms with E-state index in [0.29, 0.717) is 5.92 Å². The molecular weight excluding hydrogens is 332 g/mol. The highest BCUT2D eigenvalue weighted by molar-refractivity contribution is 9.10. The minimum Gasteiger partial charge on any atom is -0.117 e. The molecular formula is C18H22BrCl. The molecule has 0 nitrogen and oxygen atoms in total. The zero-order valence-corrected chi connectivity index (χ0v) is 14.5. The average molecular weight is 354 g/mol. The molecule has 2 rings (SSSR count). The minimum absolute atomic E-state index is 0.105. The van der Waals surface area contributed by atoms with Gasteiger partial charge < -0.3 is 0 Å². The molecule has 0 spiro atoms. The van der Waals surface area contributed by atoms with Crippen LogP contribution in [-0.2, 0) is 0 Å². The van der Waals surface area contributed by atoms with E-state index in [1.165, 1.54) is 42.0 Å². The Morgan fingerprint density at radius 2 is 1.55 bits per heavy atom. The second-order valence-corrected chi connectivity index (χ2v) is 6.75. The maximum absolute atomic E-state index is 6.85. The number of fused-ring (bicyclic) bond motifs is 1. The molecule has 0 amide bonds. The van der Waals surface area contributed by atoms with E-state index in [1.807, 2.05) is 0 Å². The van der Waals surface area contributed by atoms with Gasteiger partial charge in [0, 0.05) is 4.47 Å². The van der Waals surface area contributed by atoms with Crippen molar-refractivity contribution in [3.8, 4) is 0 Å². The Morgan fingerprint density at radius 3 is 2.15 bits per heavy atom. The monoisotopic (exact) mass is 352 g/mol. The van der Waals surface area contributed by atoms with Crippen molar-refractivity contribution in [1.82, 2.24) is 0 Å². The van der Waals surface area contributed by atoms with Gasteiger partial charge in [0.2, 0.25) is 0 Å². The first kappa shape index (κ1) is 15.9. The molecule has 0 heterocycles. The molecule has 1 unspecified atom stereocenters. The van der Waals surface area contributed by atoms with E-state index in [0.717, 1.165) is 4.47 Å². The first-order valence-electron chi connectivity index (χ1n) is 7.50. The fraction of sp³-hybridized carbons (Fsp3) is 0.444. The summed E-state index contributed by atoms with van der Waals surface area (Å²) >= 11 is 10.5. The third-order valence-corrected chi connectivity index (χ3v) is 5.22. The van der Waals surface area contributed by atoms with Gasteiger partial charge >= 0.3 is 0 Å². The zero-order valence-electron chi connectivity index (χ0n) is 12.2. The highest BCUT2D eigenvalue weighted by Gasteiger charge is 2.21. The highest BCUT2D eigenvalue weighted by Crippen LogP contribution is 2.40. The van der Waals surface area contributed by atoms with Gasteiger partial charge in [0.25, 0.3) is 0 Å². The number of halogens is 2. The molecule has 0 aliphatic heterocycles. The van der Waals surface area contributed by atoms with Crippen molar-refractivity contribution < 1.29 is 0 Å². The lowest BCUT2D eigenvalue weighted by molar-refractivity contribution is 0.427. The molecule has 0 aliphatic rings. The predicted molar refractivity (Wildman–Crippen MR) is 93.5 cm³/mol. The maximum Gasteiger partial charge on any atom is 0.0619 e. The Bertz CT molecular complexity index is 558. The minimum atomic E-state index is 0.105. The molecule has 0 saturated heterocycles.